The number of amides is 2. The van der Waals surface area contributed by atoms with E-state index in [-0.39, 0.29) is 12.2 Å². The van der Waals surface area contributed by atoms with Crippen molar-refractivity contribution in [2.45, 2.75) is 19.1 Å². The predicted octanol–water partition coefficient (Wildman–Crippen LogP) is 4.34. The average Bonchev–Trinajstić information content (AvgIpc) is 3.54. The van der Waals surface area contributed by atoms with Crippen molar-refractivity contribution in [1.29, 1.82) is 0 Å². The molecule has 0 spiro atoms. The number of hydrogen-bond donors (Lipinski definition) is 3. The number of halogens is 2. The van der Waals surface area contributed by atoms with E-state index in [1.807, 2.05) is 30.3 Å². The molecule has 2 amide bonds. The zero-order chi connectivity index (χ0) is 29.8. The van der Waals surface area contributed by atoms with Gasteiger partial charge >= 0.3 is 12.0 Å². The molecule has 1 aliphatic heterocycles. The van der Waals surface area contributed by atoms with Crippen LogP contribution in [0, 0.1) is 18.6 Å². The Labute approximate surface area is 239 Å². The first-order chi connectivity index (χ1) is 20.2. The number of para-hydroxylation sites is 1. The van der Waals surface area contributed by atoms with Gasteiger partial charge in [0, 0.05) is 37.5 Å². The number of carboxylic acid groups (broad SMARTS) is 1. The van der Waals surface area contributed by atoms with Crippen LogP contribution in [0.25, 0.3) is 16.9 Å². The molecule has 1 saturated heterocycles. The Kier molecular flexibility index (Phi) is 8.52. The fourth-order valence-electron chi connectivity index (χ4n) is 4.68. The molecule has 0 unspecified atom stereocenters. The molecule has 3 N–H and O–H groups in total. The minimum absolute atomic E-state index is 0.106. The van der Waals surface area contributed by atoms with Crippen LogP contribution in [-0.4, -0.2) is 69.8 Å². The largest absolute Gasteiger partial charge is 0.477 e. The number of benzene rings is 2. The van der Waals surface area contributed by atoms with Crippen LogP contribution in [0.5, 0.6) is 0 Å². The molecule has 4 aromatic rings. The first-order valence-corrected chi connectivity index (χ1v) is 13.0. The van der Waals surface area contributed by atoms with Crippen molar-refractivity contribution in [2.24, 2.45) is 0 Å². The maximum atomic E-state index is 14.1. The van der Waals surface area contributed by atoms with Gasteiger partial charge in [-0.05, 0) is 48.9 Å². The summed E-state index contributed by atoms with van der Waals surface area (Å²) in [6.07, 6.45) is 0.631. The quantitative estimate of drug-likeness (QED) is 0.267. The molecule has 0 bridgehead atoms. The van der Waals surface area contributed by atoms with E-state index in [0.717, 1.165) is 12.1 Å². The molecule has 0 radical (unpaired) electrons. The van der Waals surface area contributed by atoms with Gasteiger partial charge in [-0.15, -0.1) is 0 Å². The van der Waals surface area contributed by atoms with Gasteiger partial charge in [-0.1, -0.05) is 24.3 Å². The van der Waals surface area contributed by atoms with Gasteiger partial charge < -0.3 is 15.2 Å². The number of methoxy groups -OCH3 is 1. The van der Waals surface area contributed by atoms with Crippen LogP contribution < -0.4 is 10.6 Å². The van der Waals surface area contributed by atoms with E-state index in [2.05, 4.69) is 15.6 Å². The minimum Gasteiger partial charge on any atom is -0.477 e. The van der Waals surface area contributed by atoms with Gasteiger partial charge in [0.25, 0.3) is 0 Å². The van der Waals surface area contributed by atoms with E-state index in [4.69, 9.17) is 14.7 Å². The van der Waals surface area contributed by atoms with Crippen LogP contribution in [0.2, 0.25) is 0 Å². The molecule has 42 heavy (non-hydrogen) atoms. The molecule has 218 valence electrons. The number of pyridine rings is 1. The lowest BCUT2D eigenvalue weighted by atomic mass is 10.0. The molecule has 5 rings (SSSR count). The summed E-state index contributed by atoms with van der Waals surface area (Å²) in [5.74, 6) is -2.78. The van der Waals surface area contributed by atoms with Gasteiger partial charge in [0.1, 0.15) is 17.6 Å². The second kappa shape index (κ2) is 12.4. The first kappa shape index (κ1) is 28.8. The van der Waals surface area contributed by atoms with Crippen molar-refractivity contribution in [3.63, 3.8) is 0 Å². The fourth-order valence-corrected chi connectivity index (χ4v) is 4.68. The highest BCUT2D eigenvalue weighted by molar-refractivity contribution is 5.91. The number of nitrogens with one attached hydrogen (secondary N) is 2. The number of carbonyl (C=O) groups excluding carboxylic acids is 1. The number of aromatic carboxylic acids is 1. The van der Waals surface area contributed by atoms with Crippen molar-refractivity contribution in [2.75, 3.05) is 32.1 Å². The van der Waals surface area contributed by atoms with E-state index in [1.165, 1.54) is 18.3 Å². The third-order valence-corrected chi connectivity index (χ3v) is 6.77. The molecular formula is C29H28F2N6O5. The number of carboxylic acids is 1. The molecule has 3 heterocycles. The molecule has 0 saturated carbocycles. The standard InChI is InChI=1S/C29H28F2N6O5/c1-17-25(19-9-11-23(28(38)39)32-15-19)35-37(20-6-4-3-5-7-20)27(17)34-29(40)33-24-16-36(12-13-41-2)42-26(24)18-8-10-21(30)22(31)14-18/h3-11,14-15,24,26H,12-13,16H2,1-2H3,(H,38,39)(H2,33,34,40)/t24-,26+/m1/s1. The van der Waals surface area contributed by atoms with Crippen LogP contribution in [0.15, 0.2) is 66.9 Å². The summed E-state index contributed by atoms with van der Waals surface area (Å²) in [4.78, 5) is 34.6. The van der Waals surface area contributed by atoms with Crippen molar-refractivity contribution in [1.82, 2.24) is 25.1 Å². The van der Waals surface area contributed by atoms with Gasteiger partial charge in [0.2, 0.25) is 0 Å². The number of nitrogens with zero attached hydrogens (tertiary/aromatic N) is 4. The molecule has 2 aromatic carbocycles. The molecule has 0 aliphatic carbocycles. The zero-order valence-corrected chi connectivity index (χ0v) is 22.8. The van der Waals surface area contributed by atoms with Crippen LogP contribution >= 0.6 is 0 Å². The van der Waals surface area contributed by atoms with E-state index in [1.54, 1.807) is 29.8 Å². The van der Waals surface area contributed by atoms with Gasteiger partial charge in [-0.2, -0.15) is 10.2 Å². The van der Waals surface area contributed by atoms with E-state index in [9.17, 15) is 23.5 Å². The normalized spacial score (nSPS) is 16.9. The maximum Gasteiger partial charge on any atom is 0.354 e. The van der Waals surface area contributed by atoms with Crippen molar-refractivity contribution in [3.05, 3.63) is 95.3 Å². The van der Waals surface area contributed by atoms with E-state index < -0.39 is 35.8 Å². The SMILES string of the molecule is COCCN1C[C@@H](NC(=O)Nc2c(C)c(-c3ccc(C(=O)O)nc3)nn2-c2ccccc2)[C@H](c2ccc(F)c(F)c2)O1. The zero-order valence-electron chi connectivity index (χ0n) is 22.8. The Hall–Kier alpha value is -4.72. The third-order valence-electron chi connectivity index (χ3n) is 6.77. The van der Waals surface area contributed by atoms with Crippen molar-refractivity contribution >= 4 is 17.8 Å². The number of rotatable bonds is 9. The Morgan fingerprint density at radius 2 is 1.90 bits per heavy atom. The summed E-state index contributed by atoms with van der Waals surface area (Å²) < 4.78 is 34.4. The summed E-state index contributed by atoms with van der Waals surface area (Å²) in [5, 5.41) is 21.3. The average molecular weight is 579 g/mol. The van der Waals surface area contributed by atoms with Crippen LogP contribution in [0.1, 0.15) is 27.7 Å². The number of aromatic nitrogens is 3. The lowest BCUT2D eigenvalue weighted by molar-refractivity contribution is -0.154. The van der Waals surface area contributed by atoms with Gasteiger partial charge in [0.15, 0.2) is 11.6 Å². The number of anilines is 1. The lowest BCUT2D eigenvalue weighted by Gasteiger charge is -2.20. The summed E-state index contributed by atoms with van der Waals surface area (Å²) in [6.45, 7) is 2.81. The van der Waals surface area contributed by atoms with E-state index in [0.29, 0.717) is 47.0 Å². The summed E-state index contributed by atoms with van der Waals surface area (Å²) in [6, 6.07) is 14.4. The first-order valence-electron chi connectivity index (χ1n) is 13.0. The lowest BCUT2D eigenvalue weighted by Crippen LogP contribution is -2.42. The molecule has 1 aliphatic rings. The number of carbonyl (C=O) groups is 2. The predicted molar refractivity (Wildman–Crippen MR) is 148 cm³/mol. The number of urea groups is 1. The highest BCUT2D eigenvalue weighted by Gasteiger charge is 2.37. The Bertz CT molecular complexity index is 1580. The number of hydroxylamine groups is 2. The van der Waals surface area contributed by atoms with Crippen molar-refractivity contribution < 1.29 is 33.1 Å². The van der Waals surface area contributed by atoms with Crippen LogP contribution in [0.4, 0.5) is 19.4 Å². The second-order valence-corrected chi connectivity index (χ2v) is 9.59. The summed E-state index contributed by atoms with van der Waals surface area (Å²) >= 11 is 0. The van der Waals surface area contributed by atoms with Gasteiger partial charge in [-0.25, -0.2) is 28.0 Å². The number of ether oxygens (including phenoxy) is 1. The van der Waals surface area contributed by atoms with Crippen LogP contribution in [0.3, 0.4) is 0 Å². The highest BCUT2D eigenvalue weighted by Crippen LogP contribution is 2.32. The maximum absolute atomic E-state index is 14.1. The molecule has 11 nitrogen and oxygen atoms in total. The summed E-state index contributed by atoms with van der Waals surface area (Å²) in [5.41, 5.74) is 2.60. The topological polar surface area (TPSA) is 131 Å². The van der Waals surface area contributed by atoms with Crippen LogP contribution in [-0.2, 0) is 9.57 Å². The Morgan fingerprint density at radius 1 is 1.12 bits per heavy atom. The Balaban J connectivity index is 1.43. The highest BCUT2D eigenvalue weighted by atomic mass is 19.2. The molecular weight excluding hydrogens is 550 g/mol. The molecule has 1 fully saturated rings. The van der Waals surface area contributed by atoms with Gasteiger partial charge in [-0.3, -0.25) is 10.2 Å². The van der Waals surface area contributed by atoms with Crippen molar-refractivity contribution in [3.8, 4) is 16.9 Å². The smallest absolute Gasteiger partial charge is 0.354 e. The second-order valence-electron chi connectivity index (χ2n) is 9.59. The number of hydrogen-bond acceptors (Lipinski definition) is 7. The molecule has 2 aromatic heterocycles. The van der Waals surface area contributed by atoms with Gasteiger partial charge in [0.05, 0.1) is 24.0 Å². The summed E-state index contributed by atoms with van der Waals surface area (Å²) in [7, 11) is 1.55. The Morgan fingerprint density at radius 3 is 2.57 bits per heavy atom. The minimum atomic E-state index is -1.15. The molecule has 13 heteroatoms. The third kappa shape index (κ3) is 6.12. The fraction of sp³-hybridized carbons (Fsp3) is 0.241. The van der Waals surface area contributed by atoms with E-state index >= 15 is 0 Å². The molecule has 2 atom stereocenters. The monoisotopic (exact) mass is 578 g/mol.